The van der Waals surface area contributed by atoms with Crippen molar-refractivity contribution in [3.8, 4) is 23.0 Å². The Morgan fingerprint density at radius 2 is 1.23 bits per heavy atom. The van der Waals surface area contributed by atoms with Crippen LogP contribution in [-0.4, -0.2) is 47.7 Å². The first-order chi connectivity index (χ1) is 17.0. The number of benzene rings is 3. The molecule has 1 heterocycles. The van der Waals surface area contributed by atoms with Crippen LogP contribution in [0.15, 0.2) is 77.7 Å². The molecule has 0 radical (unpaired) electrons. The summed E-state index contributed by atoms with van der Waals surface area (Å²) in [7, 11) is 2.50. The molecule has 3 aromatic rings. The molecule has 0 saturated heterocycles. The van der Waals surface area contributed by atoms with Crippen molar-refractivity contribution in [3.63, 3.8) is 0 Å². The summed E-state index contributed by atoms with van der Waals surface area (Å²) in [5, 5.41) is 0. The Balaban J connectivity index is 1.96. The van der Waals surface area contributed by atoms with Crippen LogP contribution in [-0.2, 0) is 10.0 Å². The van der Waals surface area contributed by atoms with Gasteiger partial charge in [-0.1, -0.05) is 36.4 Å². The summed E-state index contributed by atoms with van der Waals surface area (Å²) in [4.78, 5) is 0.227. The third-order valence-corrected chi connectivity index (χ3v) is 8.03. The van der Waals surface area contributed by atoms with Crippen LogP contribution >= 0.6 is 0 Å². The maximum atomic E-state index is 13.8. The van der Waals surface area contributed by atoms with E-state index in [2.05, 4.69) is 0 Å². The van der Waals surface area contributed by atoms with E-state index in [1.54, 1.807) is 70.9 Å². The number of hydrogen-bond donors (Lipinski definition) is 0. The van der Waals surface area contributed by atoms with Crippen LogP contribution in [0.3, 0.4) is 0 Å². The Kier molecular flexibility index (Phi) is 7.33. The van der Waals surface area contributed by atoms with Crippen LogP contribution in [0.2, 0.25) is 0 Å². The highest BCUT2D eigenvalue weighted by molar-refractivity contribution is 7.89. The van der Waals surface area contributed by atoms with Gasteiger partial charge in [-0.25, -0.2) is 8.42 Å². The van der Waals surface area contributed by atoms with Crippen LogP contribution < -0.4 is 18.9 Å². The molecule has 0 aromatic heterocycles. The number of rotatable bonds is 8. The van der Waals surface area contributed by atoms with Crippen LogP contribution in [0.25, 0.3) is 5.57 Å². The van der Waals surface area contributed by atoms with Gasteiger partial charge in [0.1, 0.15) is 23.0 Å². The van der Waals surface area contributed by atoms with Gasteiger partial charge < -0.3 is 18.9 Å². The Bertz CT molecular complexity index is 1280. The summed E-state index contributed by atoms with van der Waals surface area (Å²) in [5.74, 6) is 2.38. The largest absolute Gasteiger partial charge is 0.496 e. The Hall–Kier alpha value is -3.49. The average Bonchev–Trinajstić information content (AvgIpc) is 2.92. The highest BCUT2D eigenvalue weighted by Crippen LogP contribution is 2.46. The Labute approximate surface area is 206 Å². The van der Waals surface area contributed by atoms with E-state index in [0.717, 1.165) is 11.1 Å². The molecule has 4 rings (SSSR count). The summed E-state index contributed by atoms with van der Waals surface area (Å²) in [6, 6.07) is 18.8. The van der Waals surface area contributed by atoms with E-state index in [1.807, 2.05) is 30.3 Å². The average molecular weight is 496 g/mol. The minimum Gasteiger partial charge on any atom is -0.496 e. The molecule has 7 nitrogen and oxygen atoms in total. The SMILES string of the molecule is COc1cccc(OC)c1C1=CC(c2c(OC)cccc2OC)N(S(=O)(=O)c2ccccc2)CC1. The van der Waals surface area contributed by atoms with Crippen LogP contribution in [0.4, 0.5) is 0 Å². The predicted molar refractivity (Wildman–Crippen MR) is 135 cm³/mol. The fraction of sp³-hybridized carbons (Fsp3) is 0.259. The van der Waals surface area contributed by atoms with Gasteiger partial charge in [0.05, 0.1) is 50.5 Å². The van der Waals surface area contributed by atoms with Gasteiger partial charge in [0.15, 0.2) is 0 Å². The lowest BCUT2D eigenvalue weighted by atomic mass is 9.92. The van der Waals surface area contributed by atoms with Crippen molar-refractivity contribution in [1.29, 1.82) is 0 Å². The monoisotopic (exact) mass is 495 g/mol. The number of hydrogen-bond acceptors (Lipinski definition) is 6. The maximum Gasteiger partial charge on any atom is 0.243 e. The number of ether oxygens (including phenoxy) is 4. The summed E-state index contributed by atoms with van der Waals surface area (Å²) in [6.45, 7) is 0.246. The molecule has 0 saturated carbocycles. The predicted octanol–water partition coefficient (Wildman–Crippen LogP) is 4.94. The second-order valence-corrected chi connectivity index (χ2v) is 9.82. The van der Waals surface area contributed by atoms with Crippen molar-refractivity contribution in [3.05, 3.63) is 83.9 Å². The van der Waals surface area contributed by atoms with Gasteiger partial charge in [0.2, 0.25) is 10.0 Å². The quantitative estimate of drug-likeness (QED) is 0.441. The second kappa shape index (κ2) is 10.4. The molecule has 1 aliphatic rings. The van der Waals surface area contributed by atoms with E-state index in [4.69, 9.17) is 18.9 Å². The van der Waals surface area contributed by atoms with Gasteiger partial charge in [0.25, 0.3) is 0 Å². The van der Waals surface area contributed by atoms with Gasteiger partial charge in [-0.15, -0.1) is 0 Å². The van der Waals surface area contributed by atoms with Crippen molar-refractivity contribution in [2.75, 3.05) is 35.0 Å². The first-order valence-corrected chi connectivity index (χ1v) is 12.6. The normalized spacial score (nSPS) is 16.3. The van der Waals surface area contributed by atoms with E-state index in [1.165, 1.54) is 4.31 Å². The zero-order valence-corrected chi connectivity index (χ0v) is 21.0. The molecular weight excluding hydrogens is 466 g/mol. The molecule has 1 unspecified atom stereocenters. The zero-order chi connectivity index (χ0) is 25.0. The Morgan fingerprint density at radius 1 is 0.714 bits per heavy atom. The standard InChI is InChI=1S/C27H29NO6S/c1-31-22-12-8-13-23(32-2)26(22)19-16-17-28(35(29,30)20-10-6-5-7-11-20)21(18-19)27-24(33-3)14-9-15-25(27)34-4/h5-15,18,21H,16-17H2,1-4H3. The highest BCUT2D eigenvalue weighted by Gasteiger charge is 2.38. The molecule has 0 amide bonds. The molecule has 35 heavy (non-hydrogen) atoms. The van der Waals surface area contributed by atoms with E-state index in [9.17, 15) is 8.42 Å². The molecule has 0 aliphatic carbocycles. The van der Waals surface area contributed by atoms with Crippen molar-refractivity contribution in [1.82, 2.24) is 4.31 Å². The minimum atomic E-state index is -3.83. The first-order valence-electron chi connectivity index (χ1n) is 11.2. The fourth-order valence-corrected chi connectivity index (χ4v) is 6.07. The fourth-order valence-electron chi connectivity index (χ4n) is 4.50. The molecule has 0 bridgehead atoms. The Morgan fingerprint density at radius 3 is 1.74 bits per heavy atom. The van der Waals surface area contributed by atoms with Gasteiger partial charge in [0, 0.05) is 6.54 Å². The van der Waals surface area contributed by atoms with Gasteiger partial charge in [-0.2, -0.15) is 4.31 Å². The van der Waals surface area contributed by atoms with Crippen molar-refractivity contribution >= 4 is 15.6 Å². The van der Waals surface area contributed by atoms with Crippen LogP contribution in [0.5, 0.6) is 23.0 Å². The smallest absolute Gasteiger partial charge is 0.243 e. The molecule has 3 aromatic carbocycles. The van der Waals surface area contributed by atoms with E-state index >= 15 is 0 Å². The highest BCUT2D eigenvalue weighted by atomic mass is 32.2. The third-order valence-electron chi connectivity index (χ3n) is 6.13. The van der Waals surface area contributed by atoms with E-state index < -0.39 is 16.1 Å². The number of methoxy groups -OCH3 is 4. The van der Waals surface area contributed by atoms with Crippen molar-refractivity contribution in [2.45, 2.75) is 17.4 Å². The molecule has 0 spiro atoms. The van der Waals surface area contributed by atoms with Gasteiger partial charge in [-0.05, 0) is 48.4 Å². The molecule has 0 N–H and O–H groups in total. The first kappa shape index (κ1) is 24.6. The number of nitrogens with zero attached hydrogens (tertiary/aromatic N) is 1. The summed E-state index contributed by atoms with van der Waals surface area (Å²) >= 11 is 0. The summed E-state index contributed by atoms with van der Waals surface area (Å²) in [6.07, 6.45) is 2.40. The lowest BCUT2D eigenvalue weighted by Crippen LogP contribution is -2.37. The van der Waals surface area contributed by atoms with Crippen LogP contribution in [0.1, 0.15) is 23.6 Å². The topological polar surface area (TPSA) is 74.3 Å². The van der Waals surface area contributed by atoms with E-state index in [-0.39, 0.29) is 11.4 Å². The van der Waals surface area contributed by atoms with Crippen molar-refractivity contribution in [2.24, 2.45) is 0 Å². The molecule has 8 heteroatoms. The third kappa shape index (κ3) is 4.59. The zero-order valence-electron chi connectivity index (χ0n) is 20.2. The molecule has 1 atom stereocenters. The summed E-state index contributed by atoms with van der Waals surface area (Å²) < 4.78 is 51.7. The van der Waals surface area contributed by atoms with Gasteiger partial charge in [-0.3, -0.25) is 0 Å². The van der Waals surface area contributed by atoms with E-state index in [0.29, 0.717) is 35.0 Å². The molecular formula is C27H29NO6S. The lowest BCUT2D eigenvalue weighted by Gasteiger charge is -2.35. The second-order valence-electron chi connectivity index (χ2n) is 7.93. The van der Waals surface area contributed by atoms with Gasteiger partial charge >= 0.3 is 0 Å². The minimum absolute atomic E-state index is 0.227. The summed E-state index contributed by atoms with van der Waals surface area (Å²) in [5.41, 5.74) is 2.34. The number of sulfonamides is 1. The maximum absolute atomic E-state index is 13.8. The lowest BCUT2D eigenvalue weighted by molar-refractivity contribution is 0.329. The van der Waals surface area contributed by atoms with Crippen molar-refractivity contribution < 1.29 is 27.4 Å². The molecule has 1 aliphatic heterocycles. The van der Waals surface area contributed by atoms with Crippen LogP contribution in [0, 0.1) is 0 Å². The molecule has 0 fully saturated rings. The molecule has 184 valence electrons.